The minimum atomic E-state index is -0.127. The molecule has 4 rings (SSSR count). The summed E-state index contributed by atoms with van der Waals surface area (Å²) in [6, 6.07) is 15.2. The Labute approximate surface area is 207 Å². The van der Waals surface area contributed by atoms with Crippen molar-refractivity contribution in [2.75, 3.05) is 0 Å². The molecule has 0 fully saturated rings. The van der Waals surface area contributed by atoms with E-state index in [1.165, 1.54) is 0 Å². The Kier molecular flexibility index (Phi) is 6.93. The van der Waals surface area contributed by atoms with Crippen molar-refractivity contribution in [3.63, 3.8) is 0 Å². The number of aliphatic hydroxyl groups excluding tert-OH is 1. The fourth-order valence-electron chi connectivity index (χ4n) is 5.11. The molecule has 0 saturated heterocycles. The molecule has 35 heavy (non-hydrogen) atoms. The third kappa shape index (κ3) is 5.22. The van der Waals surface area contributed by atoms with Gasteiger partial charge in [0, 0.05) is 18.8 Å². The van der Waals surface area contributed by atoms with Crippen LogP contribution in [0.15, 0.2) is 71.5 Å². The highest BCUT2D eigenvalue weighted by Gasteiger charge is 2.25. The average Bonchev–Trinajstić information content (AvgIpc) is 2.80. The lowest BCUT2D eigenvalue weighted by Crippen LogP contribution is -2.15. The van der Waals surface area contributed by atoms with E-state index in [0.717, 1.165) is 56.5 Å². The number of phenols is 3. The lowest BCUT2D eigenvalue weighted by atomic mass is 9.82. The third-order valence-corrected chi connectivity index (χ3v) is 6.99. The number of rotatable bonds is 6. The van der Waals surface area contributed by atoms with Gasteiger partial charge in [-0.1, -0.05) is 65.7 Å². The van der Waals surface area contributed by atoms with Gasteiger partial charge in [-0.2, -0.15) is 0 Å². The Morgan fingerprint density at radius 1 is 0.686 bits per heavy atom. The summed E-state index contributed by atoms with van der Waals surface area (Å²) in [6.45, 7) is 7.78. The van der Waals surface area contributed by atoms with Gasteiger partial charge in [0.25, 0.3) is 0 Å². The molecule has 182 valence electrons. The monoisotopic (exact) mass is 470 g/mol. The van der Waals surface area contributed by atoms with E-state index in [-0.39, 0.29) is 23.2 Å². The number of hydrogen-bond donors (Lipinski definition) is 4. The molecule has 4 heteroatoms. The van der Waals surface area contributed by atoms with Crippen molar-refractivity contribution < 1.29 is 20.4 Å². The van der Waals surface area contributed by atoms with Gasteiger partial charge in [-0.15, -0.1) is 0 Å². The van der Waals surface area contributed by atoms with Crippen molar-refractivity contribution >= 4 is 0 Å². The zero-order valence-corrected chi connectivity index (χ0v) is 20.9. The second-order valence-corrected chi connectivity index (χ2v) is 9.96. The first-order chi connectivity index (χ1) is 16.6. The average molecular weight is 471 g/mol. The number of benzene rings is 3. The number of allylic oxidation sites excluding steroid dienone is 4. The van der Waals surface area contributed by atoms with Gasteiger partial charge in [0.15, 0.2) is 0 Å². The van der Waals surface area contributed by atoms with Crippen LogP contribution >= 0.6 is 0 Å². The number of aliphatic hydroxyl groups is 1. The minimum Gasteiger partial charge on any atom is -0.512 e. The van der Waals surface area contributed by atoms with E-state index in [1.807, 2.05) is 75.4 Å². The summed E-state index contributed by atoms with van der Waals surface area (Å²) in [5.74, 6) is 0.924. The van der Waals surface area contributed by atoms with Gasteiger partial charge >= 0.3 is 0 Å². The molecule has 0 aliphatic heterocycles. The Bertz CT molecular complexity index is 1330. The number of aromatic hydroxyl groups is 3. The van der Waals surface area contributed by atoms with E-state index in [9.17, 15) is 20.4 Å². The molecule has 1 atom stereocenters. The highest BCUT2D eigenvalue weighted by molar-refractivity contribution is 5.51. The first kappa shape index (κ1) is 24.5. The maximum atomic E-state index is 11.2. The normalized spacial score (nSPS) is 15.9. The smallest absolute Gasteiger partial charge is 0.122 e. The van der Waals surface area contributed by atoms with Gasteiger partial charge in [0.1, 0.15) is 17.2 Å². The van der Waals surface area contributed by atoms with Crippen LogP contribution in [0.1, 0.15) is 52.3 Å². The summed E-state index contributed by atoms with van der Waals surface area (Å²) in [4.78, 5) is 0. The zero-order valence-electron chi connectivity index (χ0n) is 20.9. The third-order valence-electron chi connectivity index (χ3n) is 6.99. The highest BCUT2D eigenvalue weighted by atomic mass is 16.3. The number of aryl methyl sites for hydroxylation is 3. The van der Waals surface area contributed by atoms with Crippen LogP contribution in [0, 0.1) is 26.7 Å². The van der Waals surface area contributed by atoms with Gasteiger partial charge in [-0.3, -0.25) is 0 Å². The van der Waals surface area contributed by atoms with Crippen LogP contribution in [0.5, 0.6) is 17.2 Å². The Balaban J connectivity index is 1.64. The Morgan fingerprint density at radius 3 is 1.91 bits per heavy atom. The Hall–Kier alpha value is -3.66. The highest BCUT2D eigenvalue weighted by Crippen LogP contribution is 2.37. The molecule has 1 aliphatic carbocycles. The summed E-state index contributed by atoms with van der Waals surface area (Å²) in [5.41, 5.74) is 7.68. The van der Waals surface area contributed by atoms with Crippen LogP contribution in [0.4, 0.5) is 0 Å². The van der Waals surface area contributed by atoms with Gasteiger partial charge in [0.05, 0.1) is 5.76 Å². The summed E-state index contributed by atoms with van der Waals surface area (Å²) in [7, 11) is 0. The molecular weight excluding hydrogens is 436 g/mol. The summed E-state index contributed by atoms with van der Waals surface area (Å²) >= 11 is 0. The van der Waals surface area contributed by atoms with E-state index in [2.05, 4.69) is 6.92 Å². The van der Waals surface area contributed by atoms with Crippen LogP contribution in [0.3, 0.4) is 0 Å². The molecule has 3 aromatic carbocycles. The van der Waals surface area contributed by atoms with E-state index in [0.29, 0.717) is 25.0 Å². The second-order valence-electron chi connectivity index (χ2n) is 9.96. The standard InChI is InChI=1S/C31H34O4/c1-18-11-24(15-22-9-5-7-20(3)28(22)32)30(34)26(13-18)17-27-14-19(2)12-25(31(27)35)16-23-10-6-8-21(4)29(23)33/h5-11,13-14,25,32-35H,12,15-17H2,1-4H3. The van der Waals surface area contributed by atoms with E-state index in [1.54, 1.807) is 0 Å². The predicted octanol–water partition coefficient (Wildman–Crippen LogP) is 6.88. The molecule has 4 nitrogen and oxygen atoms in total. The van der Waals surface area contributed by atoms with E-state index in [4.69, 9.17) is 0 Å². The Morgan fingerprint density at radius 2 is 1.26 bits per heavy atom. The molecule has 1 unspecified atom stereocenters. The lowest BCUT2D eigenvalue weighted by molar-refractivity contribution is 0.313. The van der Waals surface area contributed by atoms with E-state index < -0.39 is 0 Å². The molecule has 0 amide bonds. The fourth-order valence-corrected chi connectivity index (χ4v) is 5.11. The minimum absolute atomic E-state index is 0.127. The van der Waals surface area contributed by atoms with Crippen molar-refractivity contribution in [3.8, 4) is 17.2 Å². The zero-order chi connectivity index (χ0) is 25.3. The van der Waals surface area contributed by atoms with Crippen molar-refractivity contribution in [2.24, 2.45) is 5.92 Å². The van der Waals surface area contributed by atoms with Gasteiger partial charge < -0.3 is 20.4 Å². The lowest BCUT2D eigenvalue weighted by Gasteiger charge is -2.25. The molecule has 0 heterocycles. The molecule has 4 N–H and O–H groups in total. The van der Waals surface area contributed by atoms with Crippen LogP contribution < -0.4 is 0 Å². The first-order valence-corrected chi connectivity index (χ1v) is 12.1. The number of hydrogen-bond acceptors (Lipinski definition) is 4. The SMILES string of the molecule is CC1=CC(Cc2cc(C)cc(Cc3cccc(C)c3O)c2O)=C(O)C(Cc2cccc(C)c2O)C1. The predicted molar refractivity (Wildman–Crippen MR) is 140 cm³/mol. The molecule has 0 bridgehead atoms. The maximum Gasteiger partial charge on any atom is 0.122 e. The van der Waals surface area contributed by atoms with Crippen molar-refractivity contribution in [1.82, 2.24) is 0 Å². The summed E-state index contributed by atoms with van der Waals surface area (Å²) in [6.07, 6.45) is 4.10. The summed E-state index contributed by atoms with van der Waals surface area (Å²) in [5, 5.41) is 43.3. The van der Waals surface area contributed by atoms with Gasteiger partial charge in [-0.25, -0.2) is 0 Å². The van der Waals surface area contributed by atoms with Crippen molar-refractivity contribution in [3.05, 3.63) is 110 Å². The molecule has 3 aromatic rings. The van der Waals surface area contributed by atoms with Crippen molar-refractivity contribution in [1.29, 1.82) is 0 Å². The van der Waals surface area contributed by atoms with Crippen LogP contribution in [-0.2, 0) is 19.3 Å². The summed E-state index contributed by atoms with van der Waals surface area (Å²) < 4.78 is 0. The molecule has 0 saturated carbocycles. The second kappa shape index (κ2) is 9.91. The molecule has 0 spiro atoms. The van der Waals surface area contributed by atoms with E-state index >= 15 is 0 Å². The molecular formula is C31H34O4. The number of para-hydroxylation sites is 2. The first-order valence-electron chi connectivity index (χ1n) is 12.1. The fraction of sp³-hybridized carbons (Fsp3) is 0.290. The van der Waals surface area contributed by atoms with Crippen LogP contribution in [0.25, 0.3) is 0 Å². The topological polar surface area (TPSA) is 80.9 Å². The van der Waals surface area contributed by atoms with Crippen LogP contribution in [-0.4, -0.2) is 20.4 Å². The number of phenolic OH excluding ortho intramolecular Hbond substituents is 3. The van der Waals surface area contributed by atoms with Crippen molar-refractivity contribution in [2.45, 2.75) is 53.4 Å². The molecule has 1 aliphatic rings. The van der Waals surface area contributed by atoms with Crippen LogP contribution in [0.2, 0.25) is 0 Å². The molecule has 0 radical (unpaired) electrons. The largest absolute Gasteiger partial charge is 0.512 e. The quantitative estimate of drug-likeness (QED) is 0.316. The molecule has 0 aromatic heterocycles. The maximum absolute atomic E-state index is 11.2. The van der Waals surface area contributed by atoms with Gasteiger partial charge in [0.2, 0.25) is 0 Å². The van der Waals surface area contributed by atoms with Gasteiger partial charge in [-0.05, 0) is 79.5 Å².